The summed E-state index contributed by atoms with van der Waals surface area (Å²) < 4.78 is 16.8. The summed E-state index contributed by atoms with van der Waals surface area (Å²) in [6, 6.07) is 13.2. The van der Waals surface area contributed by atoms with Gasteiger partial charge in [0.05, 0.1) is 19.3 Å². The van der Waals surface area contributed by atoms with E-state index >= 15 is 0 Å². The number of piperidine rings is 1. The Kier molecular flexibility index (Phi) is 6.70. The first kappa shape index (κ1) is 20.5. The maximum atomic E-state index is 12.8. The summed E-state index contributed by atoms with van der Waals surface area (Å²) in [5.41, 5.74) is 2.17. The van der Waals surface area contributed by atoms with Crippen molar-refractivity contribution in [3.8, 4) is 17.2 Å². The molecule has 4 rings (SSSR count). The second-order valence-corrected chi connectivity index (χ2v) is 7.82. The number of Topliss-reactive ketones (excluding diaryl/α,β-unsaturated/α-hetero) is 1. The van der Waals surface area contributed by atoms with Gasteiger partial charge in [-0.25, -0.2) is 0 Å². The Hall–Kier alpha value is -2.79. The lowest BCUT2D eigenvalue weighted by molar-refractivity contribution is 0.100. The summed E-state index contributed by atoms with van der Waals surface area (Å²) in [6.07, 6.45) is 6.95. The predicted octanol–water partition coefficient (Wildman–Crippen LogP) is 4.61. The number of likely N-dealkylation sites (tertiary alicyclic amines) is 1. The fourth-order valence-electron chi connectivity index (χ4n) is 3.96. The van der Waals surface area contributed by atoms with E-state index in [1.54, 1.807) is 25.3 Å². The number of ketones is 1. The van der Waals surface area contributed by atoms with Crippen molar-refractivity contribution in [3.05, 3.63) is 59.2 Å². The van der Waals surface area contributed by atoms with E-state index in [-0.39, 0.29) is 12.4 Å². The van der Waals surface area contributed by atoms with E-state index in [0.717, 1.165) is 30.9 Å². The van der Waals surface area contributed by atoms with E-state index in [4.69, 9.17) is 14.2 Å². The largest absolute Gasteiger partial charge is 0.497 e. The number of ether oxygens (including phenoxy) is 3. The fourth-order valence-corrected chi connectivity index (χ4v) is 3.96. The first-order valence-electron chi connectivity index (χ1n) is 10.7. The topological polar surface area (TPSA) is 48.0 Å². The van der Waals surface area contributed by atoms with Gasteiger partial charge in [0.1, 0.15) is 23.9 Å². The summed E-state index contributed by atoms with van der Waals surface area (Å²) in [7, 11) is 1.60. The molecule has 0 bridgehead atoms. The number of fused-ring (bicyclic) bond motifs is 1. The normalized spacial score (nSPS) is 18.0. The van der Waals surface area contributed by atoms with Crippen LogP contribution in [0.15, 0.2) is 48.0 Å². The molecule has 2 aromatic carbocycles. The molecule has 0 atom stereocenters. The molecule has 0 N–H and O–H groups in total. The first-order valence-corrected chi connectivity index (χ1v) is 10.7. The van der Waals surface area contributed by atoms with Crippen molar-refractivity contribution in [1.29, 1.82) is 0 Å². The molecule has 1 saturated heterocycles. The molecule has 0 unspecified atom stereocenters. The maximum absolute atomic E-state index is 12.8. The van der Waals surface area contributed by atoms with Crippen LogP contribution in [0.2, 0.25) is 0 Å². The third-order valence-corrected chi connectivity index (χ3v) is 5.67. The number of methoxy groups -OCH3 is 1. The van der Waals surface area contributed by atoms with Crippen LogP contribution in [-0.4, -0.2) is 50.6 Å². The molecular weight excluding hydrogens is 378 g/mol. The Morgan fingerprint density at radius 2 is 1.80 bits per heavy atom. The van der Waals surface area contributed by atoms with E-state index in [1.165, 1.54) is 32.4 Å². The fraction of sp³-hybridized carbons (Fsp3) is 0.400. The van der Waals surface area contributed by atoms with Gasteiger partial charge in [0.2, 0.25) is 0 Å². The molecular formula is C25H29NO4. The number of carbonyl (C=O) groups excluding carboxylic acids is 1. The Morgan fingerprint density at radius 1 is 1.03 bits per heavy atom. The van der Waals surface area contributed by atoms with Crippen molar-refractivity contribution >= 4 is 11.9 Å². The molecule has 1 fully saturated rings. The molecule has 2 aliphatic heterocycles. The maximum Gasteiger partial charge on any atom is 0.196 e. The molecule has 2 aromatic rings. The van der Waals surface area contributed by atoms with Crippen LogP contribution in [-0.2, 0) is 0 Å². The highest BCUT2D eigenvalue weighted by Gasteiger charge is 2.23. The highest BCUT2D eigenvalue weighted by Crippen LogP contribution is 2.31. The average Bonchev–Trinajstić information content (AvgIpc) is 2.80. The van der Waals surface area contributed by atoms with Gasteiger partial charge in [-0.2, -0.15) is 0 Å². The van der Waals surface area contributed by atoms with Crippen molar-refractivity contribution in [2.75, 3.05) is 40.0 Å². The van der Waals surface area contributed by atoms with Crippen LogP contribution in [0, 0.1) is 0 Å². The molecule has 30 heavy (non-hydrogen) atoms. The second-order valence-electron chi connectivity index (χ2n) is 7.82. The molecule has 2 heterocycles. The zero-order valence-electron chi connectivity index (χ0n) is 17.6. The van der Waals surface area contributed by atoms with Gasteiger partial charge in [-0.1, -0.05) is 18.6 Å². The highest BCUT2D eigenvalue weighted by atomic mass is 16.5. The molecule has 5 nitrogen and oxygen atoms in total. The van der Waals surface area contributed by atoms with E-state index in [2.05, 4.69) is 4.90 Å². The third-order valence-electron chi connectivity index (χ3n) is 5.67. The number of rotatable bonds is 7. The van der Waals surface area contributed by atoms with E-state index < -0.39 is 0 Å². The number of nitrogens with zero attached hydrogens (tertiary/aromatic N) is 1. The van der Waals surface area contributed by atoms with Crippen LogP contribution in [0.25, 0.3) is 6.08 Å². The summed E-state index contributed by atoms with van der Waals surface area (Å²) in [5, 5.41) is 0. The van der Waals surface area contributed by atoms with Gasteiger partial charge in [0.25, 0.3) is 0 Å². The summed E-state index contributed by atoms with van der Waals surface area (Å²) in [6.45, 7) is 4.55. The summed E-state index contributed by atoms with van der Waals surface area (Å²) in [5.74, 6) is 2.11. The first-order chi connectivity index (χ1) is 14.7. The van der Waals surface area contributed by atoms with Crippen LogP contribution >= 0.6 is 0 Å². The highest BCUT2D eigenvalue weighted by molar-refractivity contribution is 6.14. The molecule has 2 aliphatic rings. The second kappa shape index (κ2) is 9.81. The van der Waals surface area contributed by atoms with Crippen molar-refractivity contribution in [3.63, 3.8) is 0 Å². The molecule has 0 amide bonds. The smallest absolute Gasteiger partial charge is 0.196 e. The lowest BCUT2D eigenvalue weighted by atomic mass is 9.98. The van der Waals surface area contributed by atoms with E-state index in [1.807, 2.05) is 30.3 Å². The van der Waals surface area contributed by atoms with Gasteiger partial charge >= 0.3 is 0 Å². The van der Waals surface area contributed by atoms with Crippen molar-refractivity contribution < 1.29 is 19.0 Å². The Labute approximate surface area is 178 Å². The third kappa shape index (κ3) is 5.03. The number of benzene rings is 2. The summed E-state index contributed by atoms with van der Waals surface area (Å²) in [4.78, 5) is 15.3. The van der Waals surface area contributed by atoms with E-state index in [9.17, 15) is 4.79 Å². The van der Waals surface area contributed by atoms with Gasteiger partial charge in [0.15, 0.2) is 5.78 Å². The number of hydrogen-bond acceptors (Lipinski definition) is 5. The van der Waals surface area contributed by atoms with Gasteiger partial charge in [-0.05, 0) is 68.3 Å². The van der Waals surface area contributed by atoms with Crippen LogP contribution in [0.3, 0.4) is 0 Å². The van der Waals surface area contributed by atoms with Gasteiger partial charge in [-0.3, -0.25) is 4.79 Å². The van der Waals surface area contributed by atoms with Crippen LogP contribution in [0.4, 0.5) is 0 Å². The quantitative estimate of drug-likeness (QED) is 0.496. The standard InChI is InChI=1S/C25H29NO4/c1-28-22-10-11-23-24(17-22)30-18-20(25(23)27)16-19-6-8-21(9-7-19)29-15-5-14-26-12-3-2-4-13-26/h6-11,16-17H,2-5,12-15,18H2,1H3/b20-16+. The van der Waals surface area contributed by atoms with Crippen molar-refractivity contribution in [2.45, 2.75) is 25.7 Å². The summed E-state index contributed by atoms with van der Waals surface area (Å²) >= 11 is 0. The van der Waals surface area contributed by atoms with Gasteiger partial charge in [0, 0.05) is 18.2 Å². The number of hydrogen-bond donors (Lipinski definition) is 0. The zero-order chi connectivity index (χ0) is 20.8. The molecule has 0 aromatic heterocycles. The molecule has 0 saturated carbocycles. The Balaban J connectivity index is 1.31. The molecule has 5 heteroatoms. The minimum atomic E-state index is -0.00283. The molecule has 0 aliphatic carbocycles. The minimum Gasteiger partial charge on any atom is -0.497 e. The SMILES string of the molecule is COc1ccc2c(c1)OC/C(=C\c1ccc(OCCCN3CCCCC3)cc1)C2=O. The lowest BCUT2D eigenvalue weighted by Crippen LogP contribution is -2.31. The number of carbonyl (C=O) groups is 1. The van der Waals surface area contributed by atoms with Gasteiger partial charge < -0.3 is 19.1 Å². The monoisotopic (exact) mass is 407 g/mol. The predicted molar refractivity (Wildman–Crippen MR) is 118 cm³/mol. The average molecular weight is 408 g/mol. The lowest BCUT2D eigenvalue weighted by Gasteiger charge is -2.26. The van der Waals surface area contributed by atoms with Crippen LogP contribution < -0.4 is 14.2 Å². The Morgan fingerprint density at radius 3 is 2.57 bits per heavy atom. The molecule has 158 valence electrons. The van der Waals surface area contributed by atoms with Crippen molar-refractivity contribution in [1.82, 2.24) is 4.90 Å². The van der Waals surface area contributed by atoms with E-state index in [0.29, 0.717) is 22.6 Å². The van der Waals surface area contributed by atoms with Crippen LogP contribution in [0.5, 0.6) is 17.2 Å². The Bertz CT molecular complexity index is 898. The van der Waals surface area contributed by atoms with Gasteiger partial charge in [-0.15, -0.1) is 0 Å². The van der Waals surface area contributed by atoms with Crippen LogP contribution in [0.1, 0.15) is 41.6 Å². The zero-order valence-corrected chi connectivity index (χ0v) is 17.6. The van der Waals surface area contributed by atoms with Crippen molar-refractivity contribution in [2.24, 2.45) is 0 Å². The minimum absolute atomic E-state index is 0.00283. The molecule has 0 radical (unpaired) electrons. The molecule has 0 spiro atoms.